The van der Waals surface area contributed by atoms with Crippen LogP contribution < -0.4 is 15.5 Å². The van der Waals surface area contributed by atoms with E-state index in [0.717, 1.165) is 28.8 Å². The van der Waals surface area contributed by atoms with Crippen molar-refractivity contribution in [2.24, 2.45) is 0 Å². The van der Waals surface area contributed by atoms with Gasteiger partial charge in [0.15, 0.2) is 0 Å². The Balaban J connectivity index is 0.00000289. The van der Waals surface area contributed by atoms with Gasteiger partial charge in [-0.3, -0.25) is 14.6 Å². The predicted molar refractivity (Wildman–Crippen MR) is 146 cm³/mol. The van der Waals surface area contributed by atoms with Gasteiger partial charge < -0.3 is 15.5 Å². The molecule has 2 N–H and O–H groups in total. The zero-order valence-corrected chi connectivity index (χ0v) is 23.1. The first-order valence-electron chi connectivity index (χ1n) is 11.0. The third-order valence-corrected chi connectivity index (χ3v) is 6.14. The molecule has 3 rings (SSSR count). The number of anilines is 1. The molecular weight excluding hydrogens is 541 g/mol. The van der Waals surface area contributed by atoms with Crippen LogP contribution in [0.5, 0.6) is 0 Å². The molecule has 2 aromatic carbocycles. The van der Waals surface area contributed by atoms with E-state index in [0.29, 0.717) is 19.6 Å². The van der Waals surface area contributed by atoms with E-state index in [1.165, 1.54) is 11.1 Å². The monoisotopic (exact) mass is 573 g/mol. The van der Waals surface area contributed by atoms with Crippen molar-refractivity contribution in [2.45, 2.75) is 26.9 Å². The van der Waals surface area contributed by atoms with E-state index in [2.05, 4.69) is 38.7 Å². The van der Waals surface area contributed by atoms with E-state index in [1.54, 1.807) is 12.1 Å². The SMILES string of the molecule is CCNCCNC(=O)CN(CC(=O)N(C)N1Cc2ccccc2C1)c1ccc(Br)cc1C.Cl.Cl. The molecule has 1 aliphatic rings. The second-order valence-electron chi connectivity index (χ2n) is 8.00. The maximum Gasteiger partial charge on any atom is 0.256 e. The average Bonchev–Trinajstić information content (AvgIpc) is 3.20. The van der Waals surface area contributed by atoms with Gasteiger partial charge in [-0.25, -0.2) is 5.01 Å². The Hall–Kier alpha value is -1.84. The summed E-state index contributed by atoms with van der Waals surface area (Å²) in [7, 11) is 1.80. The number of benzene rings is 2. The molecule has 0 aromatic heterocycles. The minimum absolute atomic E-state index is 0. The van der Waals surface area contributed by atoms with Gasteiger partial charge in [0, 0.05) is 43.4 Å². The first-order valence-corrected chi connectivity index (χ1v) is 11.7. The summed E-state index contributed by atoms with van der Waals surface area (Å²) in [4.78, 5) is 27.7. The Labute approximate surface area is 223 Å². The summed E-state index contributed by atoms with van der Waals surface area (Å²) in [6.45, 7) is 7.81. The van der Waals surface area contributed by atoms with E-state index >= 15 is 0 Å². The van der Waals surface area contributed by atoms with Gasteiger partial charge in [-0.1, -0.05) is 47.1 Å². The Morgan fingerprint density at radius 2 is 1.68 bits per heavy atom. The maximum atomic E-state index is 13.2. The fourth-order valence-corrected chi connectivity index (χ4v) is 4.32. The lowest BCUT2D eigenvalue weighted by Gasteiger charge is -2.32. The second-order valence-corrected chi connectivity index (χ2v) is 8.91. The van der Waals surface area contributed by atoms with E-state index in [1.807, 2.05) is 54.1 Å². The van der Waals surface area contributed by atoms with Crippen molar-refractivity contribution >= 4 is 58.2 Å². The molecule has 7 nitrogen and oxygen atoms in total. The summed E-state index contributed by atoms with van der Waals surface area (Å²) >= 11 is 3.49. The molecule has 2 amide bonds. The van der Waals surface area contributed by atoms with Crippen molar-refractivity contribution in [2.75, 3.05) is 44.7 Å². The van der Waals surface area contributed by atoms with Gasteiger partial charge in [-0.15, -0.1) is 24.8 Å². The number of nitrogens with zero attached hydrogens (tertiary/aromatic N) is 3. The quantitative estimate of drug-likeness (QED) is 0.425. The zero-order valence-electron chi connectivity index (χ0n) is 19.8. The molecule has 0 unspecified atom stereocenters. The number of fused-ring (bicyclic) bond motifs is 1. The van der Waals surface area contributed by atoms with Crippen molar-refractivity contribution in [3.05, 3.63) is 63.6 Å². The first kappa shape index (κ1) is 30.2. The number of carbonyl (C=O) groups excluding carboxylic acids is 2. The van der Waals surface area contributed by atoms with Crippen LogP contribution in [0, 0.1) is 6.92 Å². The number of amides is 2. The third-order valence-electron chi connectivity index (χ3n) is 5.64. The largest absolute Gasteiger partial charge is 0.353 e. The molecule has 1 aliphatic heterocycles. The molecule has 0 atom stereocenters. The Bertz CT molecular complexity index is 938. The number of nitrogens with one attached hydrogen (secondary N) is 2. The number of halogens is 3. The average molecular weight is 575 g/mol. The van der Waals surface area contributed by atoms with E-state index in [-0.39, 0.29) is 49.7 Å². The fraction of sp³-hybridized carbons (Fsp3) is 0.417. The molecule has 0 aliphatic carbocycles. The number of carbonyl (C=O) groups is 2. The van der Waals surface area contributed by atoms with Crippen molar-refractivity contribution in [3.63, 3.8) is 0 Å². The Kier molecular flexibility index (Phi) is 12.9. The van der Waals surface area contributed by atoms with Gasteiger partial charge in [-0.2, -0.15) is 0 Å². The molecule has 1 heterocycles. The first-order chi connectivity index (χ1) is 15.4. The number of rotatable bonds is 10. The normalized spacial score (nSPS) is 12.2. The number of hydrogen-bond donors (Lipinski definition) is 2. The molecule has 188 valence electrons. The van der Waals surface area contributed by atoms with Gasteiger partial charge in [0.2, 0.25) is 5.91 Å². The van der Waals surface area contributed by atoms with Crippen LogP contribution in [0.2, 0.25) is 0 Å². The van der Waals surface area contributed by atoms with Crippen LogP contribution in [0.3, 0.4) is 0 Å². The molecule has 0 spiro atoms. The van der Waals surface area contributed by atoms with Gasteiger partial charge in [0.25, 0.3) is 5.91 Å². The molecule has 0 saturated heterocycles. The lowest BCUT2D eigenvalue weighted by molar-refractivity contribution is -0.145. The van der Waals surface area contributed by atoms with Crippen LogP contribution in [0.1, 0.15) is 23.6 Å². The lowest BCUT2D eigenvalue weighted by atomic mass is 10.1. The summed E-state index contributed by atoms with van der Waals surface area (Å²) in [6, 6.07) is 14.1. The van der Waals surface area contributed by atoms with Crippen molar-refractivity contribution in [1.29, 1.82) is 0 Å². The summed E-state index contributed by atoms with van der Waals surface area (Å²) in [6.07, 6.45) is 0. The minimum atomic E-state index is -0.103. The summed E-state index contributed by atoms with van der Waals surface area (Å²) in [5.41, 5.74) is 4.37. The van der Waals surface area contributed by atoms with Crippen LogP contribution in [0.4, 0.5) is 5.69 Å². The molecule has 0 bridgehead atoms. The smallest absolute Gasteiger partial charge is 0.256 e. The Morgan fingerprint density at radius 3 is 2.26 bits per heavy atom. The topological polar surface area (TPSA) is 67.9 Å². The highest BCUT2D eigenvalue weighted by Crippen LogP contribution is 2.25. The number of hydrogen-bond acceptors (Lipinski definition) is 5. The van der Waals surface area contributed by atoms with Crippen molar-refractivity contribution in [1.82, 2.24) is 20.7 Å². The van der Waals surface area contributed by atoms with Crippen LogP contribution in [-0.4, -0.2) is 61.6 Å². The third kappa shape index (κ3) is 8.13. The number of aryl methyl sites for hydroxylation is 1. The van der Waals surface area contributed by atoms with Crippen LogP contribution in [0.15, 0.2) is 46.9 Å². The Morgan fingerprint density at radius 1 is 1.03 bits per heavy atom. The number of likely N-dealkylation sites (N-methyl/N-ethyl adjacent to an activating group) is 2. The second kappa shape index (κ2) is 14.5. The zero-order chi connectivity index (χ0) is 23.1. The van der Waals surface area contributed by atoms with Crippen molar-refractivity contribution < 1.29 is 9.59 Å². The minimum Gasteiger partial charge on any atom is -0.353 e. The van der Waals surface area contributed by atoms with Crippen LogP contribution >= 0.6 is 40.7 Å². The predicted octanol–water partition coefficient (Wildman–Crippen LogP) is 3.52. The standard InChI is InChI=1S/C24H32BrN5O2.2ClH/c1-4-26-11-12-27-23(31)16-29(22-10-9-21(25)13-18(22)2)17-24(32)28(3)30-14-19-7-5-6-8-20(19)15-30;;/h5-10,13,26H,4,11-12,14-17H2,1-3H3,(H,27,31);2*1H. The van der Waals surface area contributed by atoms with Gasteiger partial charge in [0.05, 0.1) is 13.1 Å². The molecule has 10 heteroatoms. The van der Waals surface area contributed by atoms with E-state index < -0.39 is 0 Å². The van der Waals surface area contributed by atoms with Gasteiger partial charge in [0.1, 0.15) is 0 Å². The summed E-state index contributed by atoms with van der Waals surface area (Å²) < 4.78 is 0.965. The van der Waals surface area contributed by atoms with Crippen LogP contribution in [-0.2, 0) is 22.7 Å². The van der Waals surface area contributed by atoms with E-state index in [4.69, 9.17) is 0 Å². The summed E-state index contributed by atoms with van der Waals surface area (Å²) in [5.74, 6) is -0.158. The van der Waals surface area contributed by atoms with E-state index in [9.17, 15) is 9.59 Å². The fourth-order valence-electron chi connectivity index (χ4n) is 3.85. The van der Waals surface area contributed by atoms with Crippen LogP contribution in [0.25, 0.3) is 0 Å². The molecule has 0 fully saturated rings. The van der Waals surface area contributed by atoms with Gasteiger partial charge >= 0.3 is 0 Å². The van der Waals surface area contributed by atoms with Gasteiger partial charge in [-0.05, 0) is 48.4 Å². The summed E-state index contributed by atoms with van der Waals surface area (Å²) in [5, 5.41) is 9.84. The highest BCUT2D eigenvalue weighted by atomic mass is 79.9. The highest BCUT2D eigenvalue weighted by molar-refractivity contribution is 9.10. The molecule has 34 heavy (non-hydrogen) atoms. The maximum absolute atomic E-state index is 13.2. The molecule has 0 radical (unpaired) electrons. The lowest BCUT2D eigenvalue weighted by Crippen LogP contribution is -2.48. The van der Waals surface area contributed by atoms with Crippen molar-refractivity contribution in [3.8, 4) is 0 Å². The number of hydrazine groups is 1. The molecule has 0 saturated carbocycles. The molecule has 2 aromatic rings. The molecular formula is C24H34BrCl2N5O2. The highest BCUT2D eigenvalue weighted by Gasteiger charge is 2.26.